The quantitative estimate of drug-likeness (QED) is 0.172. The molecule has 13 rings (SSSR count). The number of aryl methyl sites for hydroxylation is 1. The maximum Gasteiger partial charge on any atom is 0.143 e. The molecule has 3 nitrogen and oxygen atoms in total. The highest BCUT2D eigenvalue weighted by Crippen LogP contribution is 2.59. The van der Waals surface area contributed by atoms with Crippen molar-refractivity contribution in [2.24, 2.45) is 0 Å². The van der Waals surface area contributed by atoms with E-state index in [4.69, 9.17) is 20.7 Å². The summed E-state index contributed by atoms with van der Waals surface area (Å²) in [4.78, 5) is 2.47. The molecule has 2 aliphatic rings. The number of benzene rings is 9. The molecule has 0 unspecified atom stereocenters. The lowest BCUT2D eigenvalue weighted by Gasteiger charge is -2.30. The monoisotopic (exact) mass is 952 g/mol. The van der Waals surface area contributed by atoms with Crippen molar-refractivity contribution in [3.63, 3.8) is 0 Å². The van der Waals surface area contributed by atoms with E-state index in [1.165, 1.54) is 83.1 Å². The molecule has 0 saturated heterocycles. The molecule has 362 valence electrons. The molecule has 72 heavy (non-hydrogen) atoms. The highest BCUT2D eigenvalue weighted by molar-refractivity contribution is 6.20. The van der Waals surface area contributed by atoms with E-state index < -0.39 is 0 Å². The smallest absolute Gasteiger partial charge is 0.143 e. The van der Waals surface area contributed by atoms with E-state index in [9.17, 15) is 0 Å². The molecular weight excluding hydrogens is 875 g/mol. The first kappa shape index (κ1) is 40.0. The molecule has 3 heteroatoms. The van der Waals surface area contributed by atoms with E-state index in [0.29, 0.717) is 0 Å². The first-order valence-corrected chi connectivity index (χ1v) is 25.7. The Labute approximate surface area is 436 Å². The zero-order valence-electron chi connectivity index (χ0n) is 51.4. The fourth-order valence-corrected chi connectivity index (χ4v) is 12.3. The lowest BCUT2D eigenvalue weighted by molar-refractivity contribution is 0.590. The van der Waals surface area contributed by atoms with Gasteiger partial charge < -0.3 is 13.7 Å². The topological polar surface area (TPSA) is 29.5 Å². The van der Waals surface area contributed by atoms with E-state index in [2.05, 4.69) is 251 Å². The number of para-hydroxylation sites is 2. The van der Waals surface area contributed by atoms with Gasteiger partial charge in [0.15, 0.2) is 0 Å². The summed E-state index contributed by atoms with van der Waals surface area (Å²) in [5, 5.41) is 4.69. The van der Waals surface area contributed by atoms with Crippen molar-refractivity contribution >= 4 is 60.9 Å². The van der Waals surface area contributed by atoms with E-state index in [-0.39, 0.29) is 21.7 Å². The van der Waals surface area contributed by atoms with Crippen molar-refractivity contribution < 1.29 is 20.7 Å². The first-order valence-electron chi connectivity index (χ1n) is 29.7. The summed E-state index contributed by atoms with van der Waals surface area (Å²) in [5.41, 5.74) is 25.4. The van der Waals surface area contributed by atoms with Crippen LogP contribution < -0.4 is 4.90 Å². The zero-order valence-corrected chi connectivity index (χ0v) is 43.4. The zero-order chi connectivity index (χ0) is 57.8. The van der Waals surface area contributed by atoms with Crippen LogP contribution in [0, 0.1) is 6.92 Å². The molecular formula is C69H69NO2. The van der Waals surface area contributed by atoms with Crippen LogP contribution in [0.5, 0.6) is 0 Å². The molecule has 0 aliphatic heterocycles. The Hall–Kier alpha value is -7.62. The van der Waals surface area contributed by atoms with Gasteiger partial charge in [-0.25, -0.2) is 0 Å². The third-order valence-corrected chi connectivity index (χ3v) is 16.5. The normalized spacial score (nSPS) is 15.0. The summed E-state index contributed by atoms with van der Waals surface area (Å²) in [7, 11) is 0. The third kappa shape index (κ3) is 6.48. The van der Waals surface area contributed by atoms with Gasteiger partial charge in [-0.05, 0) is 145 Å². The van der Waals surface area contributed by atoms with Crippen LogP contribution in [0.25, 0.3) is 88.4 Å². The minimum atomic E-state index is -0.308. The molecule has 0 N–H and O–H groups in total. The second-order valence-corrected chi connectivity index (χ2v) is 23.8. The van der Waals surface area contributed by atoms with Gasteiger partial charge in [0.05, 0.1) is 0 Å². The van der Waals surface area contributed by atoms with Crippen LogP contribution in [-0.4, -0.2) is 0 Å². The Bertz CT molecular complexity index is 3820. The molecule has 0 atom stereocenters. The lowest BCUT2D eigenvalue weighted by atomic mass is 9.80. The minimum Gasteiger partial charge on any atom is -0.455 e. The molecule has 2 aliphatic carbocycles. The van der Waals surface area contributed by atoms with Gasteiger partial charge >= 0.3 is 0 Å². The summed E-state index contributed by atoms with van der Waals surface area (Å²) in [6.45, 7) is 25.4. The molecule has 0 fully saturated rings. The number of rotatable bonds is 5. The first-order chi connectivity index (χ1) is 38.4. The summed E-state index contributed by atoms with van der Waals surface area (Å²) >= 11 is 0. The Morgan fingerprint density at radius 2 is 0.806 bits per heavy atom. The number of hydrogen-bond donors (Lipinski definition) is 0. The SMILES string of the molecule is Cc1ccc(N(c2ccc3c(c2)C(C)(C)c2cc(-c4ccc(C(C)(C)C)cc4)c4oc5ccccc5c4c2-3)c2ccc3c(c2)C(C)(C)c2cc(-c4ccc(C(C)(C)C)cc4)c4oc5ccccc5c4c2-3)cc1.[2H][2H].[2H][2H].[2H][2H].[2H][2H]. The van der Waals surface area contributed by atoms with Crippen LogP contribution in [0.3, 0.4) is 0 Å². The maximum absolute atomic E-state index is 6.88. The minimum absolute atomic E-state index is 0.0616. The van der Waals surface area contributed by atoms with Gasteiger partial charge in [0.1, 0.15) is 22.3 Å². The van der Waals surface area contributed by atoms with Crippen molar-refractivity contribution in [3.05, 3.63) is 209 Å². The van der Waals surface area contributed by atoms with E-state index >= 15 is 0 Å². The largest absolute Gasteiger partial charge is 0.455 e. The summed E-state index contributed by atoms with van der Waals surface area (Å²) < 4.78 is 53.8. The molecule has 0 amide bonds. The second kappa shape index (κ2) is 15.2. The van der Waals surface area contributed by atoms with Gasteiger partial charge in [0, 0.05) is 72.4 Å². The number of nitrogens with zero attached hydrogens (tertiary/aromatic N) is 1. The number of furan rings is 2. The summed E-state index contributed by atoms with van der Waals surface area (Å²) in [6.07, 6.45) is 0. The van der Waals surface area contributed by atoms with Crippen LogP contribution in [0.4, 0.5) is 17.1 Å². The highest BCUT2D eigenvalue weighted by atomic mass is 16.3. The van der Waals surface area contributed by atoms with Crippen molar-refractivity contribution in [3.8, 4) is 44.5 Å². The van der Waals surface area contributed by atoms with Gasteiger partial charge in [-0.2, -0.15) is 0 Å². The average molecular weight is 952 g/mol. The Morgan fingerprint density at radius 1 is 0.417 bits per heavy atom. The van der Waals surface area contributed by atoms with Crippen molar-refractivity contribution in [2.75, 3.05) is 4.90 Å². The lowest BCUT2D eigenvalue weighted by Crippen LogP contribution is -2.18. The fraction of sp³-hybridized carbons (Fsp3) is 0.217. The molecule has 9 aromatic carbocycles. The van der Waals surface area contributed by atoms with Gasteiger partial charge in [-0.1, -0.05) is 184 Å². The van der Waals surface area contributed by atoms with E-state index in [1.54, 1.807) is 0 Å². The Balaban J connectivity index is 0.000000929. The third-order valence-electron chi connectivity index (χ3n) is 16.5. The van der Waals surface area contributed by atoms with Crippen molar-refractivity contribution in [2.45, 2.75) is 97.8 Å². The van der Waals surface area contributed by atoms with Crippen LogP contribution in [0.15, 0.2) is 179 Å². The second-order valence-electron chi connectivity index (χ2n) is 23.8. The van der Waals surface area contributed by atoms with Crippen molar-refractivity contribution in [1.29, 1.82) is 0 Å². The number of hydrogen-bond acceptors (Lipinski definition) is 3. The standard InChI is InChI=1S/C69H61NO2.4H2/c1-40-20-30-45(31-21-40)70(46-32-34-48-54(36-46)68(8,9)56-38-52(41-22-26-43(27-23-41)66(2,3)4)64-62(60(48)56)50-16-12-14-18-58(50)71-64)47-33-35-49-55(37-47)69(10,11)57-39-53(42-24-28-44(29-25-42)67(5,6)7)65-63(61(49)57)51-17-13-15-19-59(51)72-65;;;;/h12-39H,1-11H3;4*1H/i;4*1+1D. The summed E-state index contributed by atoms with van der Waals surface area (Å²) in [5.74, 6) is 0. The van der Waals surface area contributed by atoms with Crippen LogP contribution >= 0.6 is 0 Å². The fourth-order valence-electron chi connectivity index (χ4n) is 12.3. The van der Waals surface area contributed by atoms with Crippen LogP contribution in [0.2, 0.25) is 0 Å². The van der Waals surface area contributed by atoms with Gasteiger partial charge in [-0.15, -0.1) is 0 Å². The molecule has 0 radical (unpaired) electrons. The van der Waals surface area contributed by atoms with Crippen LogP contribution in [0.1, 0.15) is 120 Å². The molecule has 2 aromatic heterocycles. The van der Waals surface area contributed by atoms with Crippen molar-refractivity contribution in [1.82, 2.24) is 0 Å². The molecule has 11 aromatic rings. The Morgan fingerprint density at radius 3 is 1.21 bits per heavy atom. The van der Waals surface area contributed by atoms with Crippen LogP contribution in [-0.2, 0) is 21.7 Å². The maximum atomic E-state index is 6.88. The van der Waals surface area contributed by atoms with Gasteiger partial charge in [0.25, 0.3) is 0 Å². The summed E-state index contributed by atoms with van der Waals surface area (Å²) in [6, 6.07) is 63.6. The molecule has 0 bridgehead atoms. The number of fused-ring (bicyclic) bond motifs is 14. The van der Waals surface area contributed by atoms with Gasteiger partial charge in [0.2, 0.25) is 0 Å². The van der Waals surface area contributed by atoms with Gasteiger partial charge in [-0.3, -0.25) is 0 Å². The highest BCUT2D eigenvalue weighted by Gasteiger charge is 2.41. The van der Waals surface area contributed by atoms with E-state index in [1.807, 2.05) is 0 Å². The Kier molecular flexibility index (Phi) is 8.45. The van der Waals surface area contributed by atoms with E-state index in [0.717, 1.165) is 61.3 Å². The molecule has 2 heterocycles. The predicted molar refractivity (Wildman–Crippen MR) is 312 cm³/mol. The average Bonchev–Trinajstić information content (AvgIpc) is 4.22. The predicted octanol–water partition coefficient (Wildman–Crippen LogP) is 20.8. The molecule has 0 spiro atoms. The molecule has 0 saturated carbocycles. The number of anilines is 3.